The van der Waals surface area contributed by atoms with Gasteiger partial charge in [0.15, 0.2) is 0 Å². The molecule has 1 aromatic heterocycles. The van der Waals surface area contributed by atoms with Crippen LogP contribution < -0.4 is 4.74 Å². The highest BCUT2D eigenvalue weighted by molar-refractivity contribution is 9.10. The summed E-state index contributed by atoms with van der Waals surface area (Å²) in [4.78, 5) is 8.80. The van der Waals surface area contributed by atoms with Gasteiger partial charge < -0.3 is 9.84 Å². The first-order chi connectivity index (χ1) is 10.7. The number of fused-ring (bicyclic) bond motifs is 1. The van der Waals surface area contributed by atoms with E-state index in [2.05, 4.69) is 25.9 Å². The van der Waals surface area contributed by atoms with Crippen LogP contribution in [0.15, 0.2) is 45.9 Å². The van der Waals surface area contributed by atoms with Crippen LogP contribution in [0.3, 0.4) is 0 Å². The Morgan fingerprint density at radius 1 is 1.32 bits per heavy atom. The van der Waals surface area contributed by atoms with Crippen LogP contribution in [0.1, 0.15) is 12.5 Å². The van der Waals surface area contributed by atoms with E-state index in [1.807, 2.05) is 25.1 Å². The molecule has 3 rings (SSSR count). The zero-order valence-corrected chi connectivity index (χ0v) is 14.2. The van der Waals surface area contributed by atoms with Crippen molar-refractivity contribution in [2.75, 3.05) is 6.61 Å². The lowest BCUT2D eigenvalue weighted by molar-refractivity contribution is 0.341. The average Bonchev–Trinajstić information content (AvgIpc) is 2.90. The van der Waals surface area contributed by atoms with Gasteiger partial charge in [-0.1, -0.05) is 27.3 Å². The molecule has 1 heterocycles. The molecule has 0 aliphatic heterocycles. The minimum Gasteiger partial charge on any atom is -0.507 e. The molecule has 112 valence electrons. The quantitative estimate of drug-likeness (QED) is 0.657. The van der Waals surface area contributed by atoms with E-state index in [1.54, 1.807) is 24.4 Å². The third-order valence-corrected chi connectivity index (χ3v) is 4.38. The first kappa shape index (κ1) is 15.0. The maximum absolute atomic E-state index is 9.80. The lowest BCUT2D eigenvalue weighted by Crippen LogP contribution is -1.89. The lowest BCUT2D eigenvalue weighted by Gasteiger charge is -2.00. The van der Waals surface area contributed by atoms with Crippen LogP contribution >= 0.6 is 27.3 Å². The number of ether oxygens (including phenoxy) is 1. The summed E-state index contributed by atoms with van der Waals surface area (Å²) < 4.78 is 7.39. The zero-order chi connectivity index (χ0) is 15.5. The molecule has 2 aromatic carbocycles. The van der Waals surface area contributed by atoms with E-state index < -0.39 is 0 Å². The molecule has 1 N–H and O–H groups in total. The molecule has 4 nitrogen and oxygen atoms in total. The van der Waals surface area contributed by atoms with Crippen LogP contribution in [0.4, 0.5) is 5.13 Å². The number of rotatable bonds is 4. The van der Waals surface area contributed by atoms with E-state index >= 15 is 0 Å². The first-order valence-electron chi connectivity index (χ1n) is 6.71. The monoisotopic (exact) mass is 376 g/mol. The standard InChI is InChI=1S/C16H13BrN2O2S/c1-2-21-12-4-5-13-15(8-12)22-16(19-13)18-9-10-7-11(17)3-6-14(10)20/h3-9,20H,2H2,1H3/b18-9+. The molecule has 0 bridgehead atoms. The highest BCUT2D eigenvalue weighted by Crippen LogP contribution is 2.31. The Labute approximate surface area is 140 Å². The summed E-state index contributed by atoms with van der Waals surface area (Å²) in [5, 5.41) is 10.4. The Hall–Kier alpha value is -1.92. The summed E-state index contributed by atoms with van der Waals surface area (Å²) in [6.45, 7) is 2.59. The number of aromatic hydroxyl groups is 1. The Morgan fingerprint density at radius 3 is 3.00 bits per heavy atom. The Kier molecular flexibility index (Phi) is 4.40. The van der Waals surface area contributed by atoms with Crippen LogP contribution in [0.2, 0.25) is 0 Å². The van der Waals surface area contributed by atoms with Gasteiger partial charge in [0.2, 0.25) is 5.13 Å². The third-order valence-electron chi connectivity index (χ3n) is 2.96. The average molecular weight is 377 g/mol. The van der Waals surface area contributed by atoms with Gasteiger partial charge in [-0.2, -0.15) is 0 Å². The number of nitrogens with zero attached hydrogens (tertiary/aromatic N) is 2. The number of aromatic nitrogens is 1. The summed E-state index contributed by atoms with van der Waals surface area (Å²) in [5.74, 6) is 1.02. The van der Waals surface area contributed by atoms with E-state index in [1.165, 1.54) is 11.3 Å². The molecule has 3 aromatic rings. The molecule has 0 aliphatic carbocycles. The SMILES string of the molecule is CCOc1ccc2nc(/N=C/c3cc(Br)ccc3O)sc2c1. The molecule has 0 spiro atoms. The van der Waals surface area contributed by atoms with Gasteiger partial charge in [0.25, 0.3) is 0 Å². The van der Waals surface area contributed by atoms with Gasteiger partial charge in [-0.25, -0.2) is 9.98 Å². The van der Waals surface area contributed by atoms with Crippen LogP contribution in [0.25, 0.3) is 10.2 Å². The predicted octanol–water partition coefficient (Wildman–Crippen LogP) is 4.91. The molecule has 6 heteroatoms. The maximum Gasteiger partial charge on any atom is 0.210 e. The fraction of sp³-hybridized carbons (Fsp3) is 0.125. The van der Waals surface area contributed by atoms with Crippen molar-refractivity contribution >= 4 is 48.8 Å². The van der Waals surface area contributed by atoms with Crippen LogP contribution in [-0.4, -0.2) is 22.9 Å². The van der Waals surface area contributed by atoms with Crippen molar-refractivity contribution in [3.63, 3.8) is 0 Å². The number of hydrogen-bond acceptors (Lipinski definition) is 5. The van der Waals surface area contributed by atoms with E-state index in [9.17, 15) is 5.11 Å². The highest BCUT2D eigenvalue weighted by Gasteiger charge is 2.05. The van der Waals surface area contributed by atoms with Crippen molar-refractivity contribution in [3.05, 3.63) is 46.4 Å². The van der Waals surface area contributed by atoms with E-state index in [-0.39, 0.29) is 5.75 Å². The topological polar surface area (TPSA) is 54.7 Å². The normalized spacial score (nSPS) is 11.4. The second kappa shape index (κ2) is 6.46. The predicted molar refractivity (Wildman–Crippen MR) is 93.8 cm³/mol. The second-order valence-corrected chi connectivity index (χ2v) is 6.45. The van der Waals surface area contributed by atoms with Gasteiger partial charge in [0, 0.05) is 16.3 Å². The third kappa shape index (κ3) is 3.28. The fourth-order valence-corrected chi connectivity index (χ4v) is 3.18. The molecular weight excluding hydrogens is 364 g/mol. The summed E-state index contributed by atoms with van der Waals surface area (Å²) in [7, 11) is 0. The molecular formula is C16H13BrN2O2S. The number of aliphatic imine (C=N–C) groups is 1. The maximum atomic E-state index is 9.80. The van der Waals surface area contributed by atoms with Crippen LogP contribution in [-0.2, 0) is 0 Å². The van der Waals surface area contributed by atoms with Crippen LogP contribution in [0.5, 0.6) is 11.5 Å². The summed E-state index contributed by atoms with van der Waals surface area (Å²) in [6, 6.07) is 11.0. The van der Waals surface area contributed by atoms with Crippen LogP contribution in [0, 0.1) is 0 Å². The van der Waals surface area contributed by atoms with Crippen molar-refractivity contribution in [2.45, 2.75) is 6.92 Å². The molecule has 0 atom stereocenters. The van der Waals surface area contributed by atoms with E-state index in [0.29, 0.717) is 17.3 Å². The fourth-order valence-electron chi connectivity index (χ4n) is 1.96. The molecule has 0 radical (unpaired) electrons. The number of phenolic OH excluding ortho intramolecular Hbond substituents is 1. The van der Waals surface area contributed by atoms with Crippen molar-refractivity contribution in [2.24, 2.45) is 4.99 Å². The van der Waals surface area contributed by atoms with Gasteiger partial charge in [0.1, 0.15) is 11.5 Å². The number of halogens is 1. The van der Waals surface area contributed by atoms with Gasteiger partial charge >= 0.3 is 0 Å². The molecule has 0 saturated heterocycles. The smallest absolute Gasteiger partial charge is 0.210 e. The number of hydrogen-bond donors (Lipinski definition) is 1. The Morgan fingerprint density at radius 2 is 2.18 bits per heavy atom. The minimum atomic E-state index is 0.187. The molecule has 0 unspecified atom stereocenters. The zero-order valence-electron chi connectivity index (χ0n) is 11.8. The van der Waals surface area contributed by atoms with Gasteiger partial charge in [-0.15, -0.1) is 0 Å². The van der Waals surface area contributed by atoms with Gasteiger partial charge in [-0.3, -0.25) is 0 Å². The number of thiazole rings is 1. The molecule has 0 fully saturated rings. The Bertz CT molecular complexity index is 845. The van der Waals surface area contributed by atoms with Crippen molar-refractivity contribution in [1.29, 1.82) is 0 Å². The van der Waals surface area contributed by atoms with E-state index in [4.69, 9.17) is 4.74 Å². The molecule has 0 amide bonds. The Balaban J connectivity index is 1.90. The molecule has 0 saturated carbocycles. The first-order valence-corrected chi connectivity index (χ1v) is 8.32. The number of benzene rings is 2. The molecule has 22 heavy (non-hydrogen) atoms. The number of phenols is 1. The second-order valence-electron chi connectivity index (χ2n) is 4.52. The van der Waals surface area contributed by atoms with Crippen molar-refractivity contribution < 1.29 is 9.84 Å². The summed E-state index contributed by atoms with van der Waals surface area (Å²) in [5.41, 5.74) is 1.53. The highest BCUT2D eigenvalue weighted by atomic mass is 79.9. The molecule has 0 aliphatic rings. The largest absolute Gasteiger partial charge is 0.507 e. The van der Waals surface area contributed by atoms with Gasteiger partial charge in [-0.05, 0) is 43.3 Å². The van der Waals surface area contributed by atoms with E-state index in [0.717, 1.165) is 20.4 Å². The lowest BCUT2D eigenvalue weighted by atomic mass is 10.2. The minimum absolute atomic E-state index is 0.187. The van der Waals surface area contributed by atoms with Crippen molar-refractivity contribution in [1.82, 2.24) is 4.98 Å². The summed E-state index contributed by atoms with van der Waals surface area (Å²) >= 11 is 4.86. The summed E-state index contributed by atoms with van der Waals surface area (Å²) in [6.07, 6.45) is 1.61. The van der Waals surface area contributed by atoms with Crippen molar-refractivity contribution in [3.8, 4) is 11.5 Å². The van der Waals surface area contributed by atoms with Gasteiger partial charge in [0.05, 0.1) is 16.8 Å².